The maximum absolute atomic E-state index is 11.1. The minimum Gasteiger partial charge on any atom is -0.356 e. The number of thioether (sulfide) groups is 1. The molecule has 0 aromatic rings. The molecule has 1 amide bonds. The van der Waals surface area contributed by atoms with Crippen molar-refractivity contribution in [3.05, 3.63) is 0 Å². The summed E-state index contributed by atoms with van der Waals surface area (Å²) in [6.07, 6.45) is 3.32. The van der Waals surface area contributed by atoms with Crippen LogP contribution < -0.4 is 5.32 Å². The van der Waals surface area contributed by atoms with Crippen LogP contribution in [-0.4, -0.2) is 24.0 Å². The van der Waals surface area contributed by atoms with Crippen molar-refractivity contribution in [1.29, 1.82) is 0 Å². The van der Waals surface area contributed by atoms with Crippen LogP contribution in [0, 0.1) is 5.92 Å². The lowest BCUT2D eigenvalue weighted by atomic mass is 10.0. The maximum atomic E-state index is 11.1. The first kappa shape index (κ1) is 9.90. The standard InChI is InChI=1S/C9H17NOS/c1-2-12-7-3-4-8-5-6-10-9(8)11/h8H,2-7H2,1H3,(H,10,11). The summed E-state index contributed by atoms with van der Waals surface area (Å²) in [7, 11) is 0. The molecular weight excluding hydrogens is 170 g/mol. The van der Waals surface area contributed by atoms with Gasteiger partial charge in [-0.15, -0.1) is 0 Å². The highest BCUT2D eigenvalue weighted by atomic mass is 32.2. The van der Waals surface area contributed by atoms with Crippen LogP contribution in [-0.2, 0) is 4.79 Å². The molecule has 1 saturated heterocycles. The largest absolute Gasteiger partial charge is 0.356 e. The first-order valence-electron chi connectivity index (χ1n) is 4.70. The van der Waals surface area contributed by atoms with Crippen molar-refractivity contribution in [2.24, 2.45) is 5.92 Å². The van der Waals surface area contributed by atoms with Gasteiger partial charge >= 0.3 is 0 Å². The van der Waals surface area contributed by atoms with Gasteiger partial charge in [0.15, 0.2) is 0 Å². The molecule has 0 bridgehead atoms. The minimum atomic E-state index is 0.275. The minimum absolute atomic E-state index is 0.275. The van der Waals surface area contributed by atoms with Gasteiger partial charge in [-0.2, -0.15) is 11.8 Å². The fourth-order valence-corrected chi connectivity index (χ4v) is 2.16. The molecular formula is C9H17NOS. The molecule has 70 valence electrons. The Bertz CT molecular complexity index is 149. The van der Waals surface area contributed by atoms with Gasteiger partial charge in [0.2, 0.25) is 5.91 Å². The summed E-state index contributed by atoms with van der Waals surface area (Å²) in [5.74, 6) is 3.00. The molecule has 0 aliphatic carbocycles. The van der Waals surface area contributed by atoms with Gasteiger partial charge in [-0.05, 0) is 30.8 Å². The molecule has 1 aliphatic heterocycles. The van der Waals surface area contributed by atoms with E-state index in [4.69, 9.17) is 0 Å². The van der Waals surface area contributed by atoms with Crippen LogP contribution in [0.3, 0.4) is 0 Å². The van der Waals surface area contributed by atoms with Crippen molar-refractivity contribution < 1.29 is 4.79 Å². The molecule has 1 rings (SSSR count). The average Bonchev–Trinajstić information content (AvgIpc) is 2.46. The fraction of sp³-hybridized carbons (Fsp3) is 0.889. The Morgan fingerprint density at radius 3 is 3.08 bits per heavy atom. The second-order valence-corrected chi connectivity index (χ2v) is 4.51. The molecule has 1 unspecified atom stereocenters. The summed E-state index contributed by atoms with van der Waals surface area (Å²) < 4.78 is 0. The summed E-state index contributed by atoms with van der Waals surface area (Å²) in [4.78, 5) is 11.1. The summed E-state index contributed by atoms with van der Waals surface area (Å²) in [6.45, 7) is 3.07. The Labute approximate surface area is 78.5 Å². The Kier molecular flexibility index (Phi) is 4.51. The Hall–Kier alpha value is -0.180. The first-order valence-corrected chi connectivity index (χ1v) is 5.85. The number of hydrogen-bond acceptors (Lipinski definition) is 2. The molecule has 12 heavy (non-hydrogen) atoms. The normalized spacial score (nSPS) is 22.8. The number of carbonyl (C=O) groups is 1. The summed E-state index contributed by atoms with van der Waals surface area (Å²) in [5, 5.41) is 2.86. The van der Waals surface area contributed by atoms with Gasteiger partial charge in [-0.25, -0.2) is 0 Å². The van der Waals surface area contributed by atoms with Crippen LogP contribution in [0.2, 0.25) is 0 Å². The van der Waals surface area contributed by atoms with Crippen molar-refractivity contribution >= 4 is 17.7 Å². The third-order valence-corrected chi connectivity index (χ3v) is 3.19. The molecule has 0 spiro atoms. The van der Waals surface area contributed by atoms with Gasteiger partial charge in [-0.3, -0.25) is 4.79 Å². The molecule has 1 atom stereocenters. The summed E-state index contributed by atoms with van der Waals surface area (Å²) in [6, 6.07) is 0. The summed E-state index contributed by atoms with van der Waals surface area (Å²) >= 11 is 1.96. The molecule has 1 fully saturated rings. The van der Waals surface area contributed by atoms with Gasteiger partial charge in [-0.1, -0.05) is 6.92 Å². The van der Waals surface area contributed by atoms with Crippen LogP contribution in [0.25, 0.3) is 0 Å². The SMILES string of the molecule is CCSCCCC1CCNC1=O. The van der Waals surface area contributed by atoms with E-state index in [2.05, 4.69) is 12.2 Å². The molecule has 0 aromatic heterocycles. The van der Waals surface area contributed by atoms with E-state index in [1.54, 1.807) is 0 Å². The van der Waals surface area contributed by atoms with Crippen molar-refractivity contribution in [3.8, 4) is 0 Å². The highest BCUT2D eigenvalue weighted by Gasteiger charge is 2.22. The van der Waals surface area contributed by atoms with Crippen LogP contribution in [0.15, 0.2) is 0 Å². The van der Waals surface area contributed by atoms with Crippen LogP contribution in [0.5, 0.6) is 0 Å². The van der Waals surface area contributed by atoms with Gasteiger partial charge in [0, 0.05) is 12.5 Å². The van der Waals surface area contributed by atoms with Crippen LogP contribution >= 0.6 is 11.8 Å². The van der Waals surface area contributed by atoms with E-state index < -0.39 is 0 Å². The van der Waals surface area contributed by atoms with E-state index in [-0.39, 0.29) is 5.91 Å². The Morgan fingerprint density at radius 2 is 2.50 bits per heavy atom. The lowest BCUT2D eigenvalue weighted by molar-refractivity contribution is -0.122. The Balaban J connectivity index is 2.02. The number of nitrogens with one attached hydrogen (secondary N) is 1. The molecule has 3 heteroatoms. The Morgan fingerprint density at radius 1 is 1.67 bits per heavy atom. The molecule has 2 nitrogen and oxygen atoms in total. The highest BCUT2D eigenvalue weighted by molar-refractivity contribution is 7.99. The molecule has 0 radical (unpaired) electrons. The van der Waals surface area contributed by atoms with E-state index >= 15 is 0 Å². The predicted molar refractivity (Wildman–Crippen MR) is 53.3 cm³/mol. The molecule has 1 N–H and O–H groups in total. The maximum Gasteiger partial charge on any atom is 0.223 e. The zero-order valence-electron chi connectivity index (χ0n) is 7.64. The molecule has 1 aliphatic rings. The highest BCUT2D eigenvalue weighted by Crippen LogP contribution is 2.17. The third-order valence-electron chi connectivity index (χ3n) is 2.21. The third kappa shape index (κ3) is 3.05. The van der Waals surface area contributed by atoms with Crippen molar-refractivity contribution in [1.82, 2.24) is 5.32 Å². The van der Waals surface area contributed by atoms with Crippen molar-refractivity contribution in [2.45, 2.75) is 26.2 Å². The van der Waals surface area contributed by atoms with Gasteiger partial charge in [0.05, 0.1) is 0 Å². The van der Waals surface area contributed by atoms with E-state index in [1.165, 1.54) is 17.9 Å². The van der Waals surface area contributed by atoms with Gasteiger partial charge < -0.3 is 5.32 Å². The number of hydrogen-bond donors (Lipinski definition) is 1. The van der Waals surface area contributed by atoms with Gasteiger partial charge in [0.1, 0.15) is 0 Å². The van der Waals surface area contributed by atoms with Gasteiger partial charge in [0.25, 0.3) is 0 Å². The van der Waals surface area contributed by atoms with E-state index in [0.29, 0.717) is 5.92 Å². The lowest BCUT2D eigenvalue weighted by Gasteiger charge is -2.04. The zero-order valence-corrected chi connectivity index (χ0v) is 8.45. The van der Waals surface area contributed by atoms with Crippen LogP contribution in [0.4, 0.5) is 0 Å². The predicted octanol–water partition coefficient (Wildman–Crippen LogP) is 1.66. The van der Waals surface area contributed by atoms with E-state index in [0.717, 1.165) is 19.4 Å². The second-order valence-electron chi connectivity index (χ2n) is 3.12. The zero-order chi connectivity index (χ0) is 8.81. The van der Waals surface area contributed by atoms with Crippen molar-refractivity contribution in [3.63, 3.8) is 0 Å². The topological polar surface area (TPSA) is 29.1 Å². The summed E-state index contributed by atoms with van der Waals surface area (Å²) in [5.41, 5.74) is 0. The van der Waals surface area contributed by atoms with Crippen molar-refractivity contribution in [2.75, 3.05) is 18.1 Å². The fourth-order valence-electron chi connectivity index (χ4n) is 1.50. The second kappa shape index (κ2) is 5.46. The van der Waals surface area contributed by atoms with E-state index in [1.807, 2.05) is 11.8 Å². The number of rotatable bonds is 5. The number of carbonyl (C=O) groups excluding carboxylic acids is 1. The van der Waals surface area contributed by atoms with Crippen LogP contribution in [0.1, 0.15) is 26.2 Å². The molecule has 0 saturated carbocycles. The number of amides is 1. The molecule has 1 heterocycles. The monoisotopic (exact) mass is 187 g/mol. The quantitative estimate of drug-likeness (QED) is 0.663. The lowest BCUT2D eigenvalue weighted by Crippen LogP contribution is -2.18. The first-order chi connectivity index (χ1) is 5.84. The average molecular weight is 187 g/mol. The molecule has 0 aromatic carbocycles. The van der Waals surface area contributed by atoms with E-state index in [9.17, 15) is 4.79 Å². The smallest absolute Gasteiger partial charge is 0.223 e.